The molecule has 3 rings (SSSR count). The van der Waals surface area contributed by atoms with Crippen LogP contribution in [0, 0.1) is 0 Å². The van der Waals surface area contributed by atoms with Gasteiger partial charge in [-0.15, -0.1) is 11.3 Å². The van der Waals surface area contributed by atoms with Gasteiger partial charge in [0, 0.05) is 35.4 Å². The molecule has 2 heterocycles. The van der Waals surface area contributed by atoms with E-state index in [2.05, 4.69) is 47.4 Å². The van der Waals surface area contributed by atoms with Crippen LogP contribution < -0.4 is 5.73 Å². The fourth-order valence-corrected chi connectivity index (χ4v) is 3.50. The van der Waals surface area contributed by atoms with E-state index in [-0.39, 0.29) is 0 Å². The third kappa shape index (κ3) is 2.64. The van der Waals surface area contributed by atoms with Gasteiger partial charge in [-0.25, -0.2) is 0 Å². The van der Waals surface area contributed by atoms with Crippen LogP contribution in [0.1, 0.15) is 11.3 Å². The van der Waals surface area contributed by atoms with E-state index >= 15 is 0 Å². The normalized spacial score (nSPS) is 20.4. The van der Waals surface area contributed by atoms with Crippen molar-refractivity contribution in [3.8, 4) is 10.4 Å². The molecule has 94 valence electrons. The van der Waals surface area contributed by atoms with Crippen molar-refractivity contribution in [3.05, 3.63) is 47.3 Å². The molecule has 0 radical (unpaired) electrons. The van der Waals surface area contributed by atoms with Gasteiger partial charge in [0.15, 0.2) is 0 Å². The van der Waals surface area contributed by atoms with Gasteiger partial charge < -0.3 is 5.73 Å². The molecule has 1 aromatic heterocycles. The predicted octanol–water partition coefficient (Wildman–Crippen LogP) is 2.95. The fourth-order valence-electron chi connectivity index (χ4n) is 2.45. The van der Waals surface area contributed by atoms with Crippen molar-refractivity contribution in [2.45, 2.75) is 19.0 Å². The zero-order valence-corrected chi connectivity index (χ0v) is 11.2. The summed E-state index contributed by atoms with van der Waals surface area (Å²) in [5.74, 6) is 0. The van der Waals surface area contributed by atoms with E-state index in [1.807, 2.05) is 11.3 Å². The Balaban J connectivity index is 1.70. The van der Waals surface area contributed by atoms with Gasteiger partial charge in [-0.05, 0) is 24.1 Å². The van der Waals surface area contributed by atoms with Crippen LogP contribution in [0.2, 0.25) is 0 Å². The summed E-state index contributed by atoms with van der Waals surface area (Å²) < 4.78 is 0. The van der Waals surface area contributed by atoms with Crippen molar-refractivity contribution >= 4 is 11.3 Å². The molecule has 1 aliphatic rings. The van der Waals surface area contributed by atoms with Crippen molar-refractivity contribution in [1.29, 1.82) is 0 Å². The van der Waals surface area contributed by atoms with Crippen LogP contribution in [0.3, 0.4) is 0 Å². The fraction of sp³-hybridized carbons (Fsp3) is 0.333. The summed E-state index contributed by atoms with van der Waals surface area (Å²) in [6.45, 7) is 3.23. The monoisotopic (exact) mass is 258 g/mol. The molecule has 18 heavy (non-hydrogen) atoms. The molecular formula is C15H18N2S. The lowest BCUT2D eigenvalue weighted by Gasteiger charge is -2.13. The summed E-state index contributed by atoms with van der Waals surface area (Å²) in [4.78, 5) is 5.24. The van der Waals surface area contributed by atoms with Gasteiger partial charge in [0.05, 0.1) is 0 Å². The average Bonchev–Trinajstić information content (AvgIpc) is 3.01. The summed E-state index contributed by atoms with van der Waals surface area (Å²) in [7, 11) is 0. The molecular weight excluding hydrogens is 240 g/mol. The number of thiophene rings is 1. The molecule has 1 unspecified atom stereocenters. The summed E-state index contributed by atoms with van der Waals surface area (Å²) >= 11 is 1.89. The Kier molecular flexibility index (Phi) is 3.46. The SMILES string of the molecule is NC1CCN(Cc2ccc(-c3ccccc3)s2)C1. The number of rotatable bonds is 3. The Morgan fingerprint density at radius 3 is 2.72 bits per heavy atom. The van der Waals surface area contributed by atoms with Gasteiger partial charge in [-0.2, -0.15) is 0 Å². The molecule has 1 aromatic carbocycles. The van der Waals surface area contributed by atoms with Gasteiger partial charge in [-0.3, -0.25) is 4.90 Å². The predicted molar refractivity (Wildman–Crippen MR) is 77.6 cm³/mol. The van der Waals surface area contributed by atoms with Gasteiger partial charge in [0.1, 0.15) is 0 Å². The highest BCUT2D eigenvalue weighted by molar-refractivity contribution is 7.15. The number of hydrogen-bond acceptors (Lipinski definition) is 3. The Hall–Kier alpha value is -1.16. The largest absolute Gasteiger partial charge is 0.326 e. The molecule has 3 heteroatoms. The first-order chi connectivity index (χ1) is 8.81. The molecule has 1 saturated heterocycles. The van der Waals surface area contributed by atoms with E-state index in [0.717, 1.165) is 26.1 Å². The van der Waals surface area contributed by atoms with Crippen molar-refractivity contribution in [3.63, 3.8) is 0 Å². The zero-order chi connectivity index (χ0) is 12.4. The second-order valence-electron chi connectivity index (χ2n) is 4.92. The Bertz CT molecular complexity index is 506. The molecule has 2 N–H and O–H groups in total. The maximum atomic E-state index is 5.94. The molecule has 2 aromatic rings. The number of hydrogen-bond donors (Lipinski definition) is 1. The highest BCUT2D eigenvalue weighted by atomic mass is 32.1. The molecule has 0 amide bonds. The number of nitrogens with two attached hydrogens (primary N) is 1. The van der Waals surface area contributed by atoms with Crippen molar-refractivity contribution in [2.24, 2.45) is 5.73 Å². The van der Waals surface area contributed by atoms with E-state index in [4.69, 9.17) is 5.73 Å². The smallest absolute Gasteiger partial charge is 0.0346 e. The molecule has 0 bridgehead atoms. The Labute approximate surface area is 112 Å². The lowest BCUT2D eigenvalue weighted by Crippen LogP contribution is -2.25. The standard InChI is InChI=1S/C15H18N2S/c16-13-8-9-17(10-13)11-14-6-7-15(18-14)12-4-2-1-3-5-12/h1-7,13H,8-11,16H2. The highest BCUT2D eigenvalue weighted by Gasteiger charge is 2.19. The first kappa shape index (κ1) is 11.9. The van der Waals surface area contributed by atoms with Crippen molar-refractivity contribution < 1.29 is 0 Å². The molecule has 0 saturated carbocycles. The number of likely N-dealkylation sites (tertiary alicyclic amines) is 1. The molecule has 0 spiro atoms. The van der Waals surface area contributed by atoms with Crippen LogP contribution in [0.4, 0.5) is 0 Å². The van der Waals surface area contributed by atoms with E-state index < -0.39 is 0 Å². The van der Waals surface area contributed by atoms with Crippen LogP contribution in [-0.2, 0) is 6.54 Å². The first-order valence-corrected chi connectivity index (χ1v) is 7.25. The molecule has 1 fully saturated rings. The lowest BCUT2D eigenvalue weighted by atomic mass is 10.2. The lowest BCUT2D eigenvalue weighted by molar-refractivity contribution is 0.330. The second-order valence-corrected chi connectivity index (χ2v) is 6.08. The minimum Gasteiger partial charge on any atom is -0.326 e. The molecule has 1 atom stereocenters. The Morgan fingerprint density at radius 1 is 1.17 bits per heavy atom. The van der Waals surface area contributed by atoms with Crippen LogP contribution in [0.25, 0.3) is 10.4 Å². The second kappa shape index (κ2) is 5.22. The quantitative estimate of drug-likeness (QED) is 0.917. The minimum atomic E-state index is 0.374. The Morgan fingerprint density at radius 2 is 2.00 bits per heavy atom. The third-order valence-electron chi connectivity index (χ3n) is 3.41. The van der Waals surface area contributed by atoms with Crippen LogP contribution in [-0.4, -0.2) is 24.0 Å². The topological polar surface area (TPSA) is 29.3 Å². The van der Waals surface area contributed by atoms with E-state index in [0.29, 0.717) is 6.04 Å². The van der Waals surface area contributed by atoms with Gasteiger partial charge in [-0.1, -0.05) is 30.3 Å². The highest BCUT2D eigenvalue weighted by Crippen LogP contribution is 2.29. The molecule has 0 aliphatic carbocycles. The maximum absolute atomic E-state index is 5.94. The van der Waals surface area contributed by atoms with Gasteiger partial charge in [0.2, 0.25) is 0 Å². The van der Waals surface area contributed by atoms with Gasteiger partial charge in [0.25, 0.3) is 0 Å². The summed E-state index contributed by atoms with van der Waals surface area (Å²) in [6.07, 6.45) is 1.14. The zero-order valence-electron chi connectivity index (χ0n) is 10.4. The minimum absolute atomic E-state index is 0.374. The first-order valence-electron chi connectivity index (χ1n) is 6.43. The van der Waals surface area contributed by atoms with E-state index in [9.17, 15) is 0 Å². The van der Waals surface area contributed by atoms with E-state index in [1.54, 1.807) is 0 Å². The van der Waals surface area contributed by atoms with Crippen molar-refractivity contribution in [2.75, 3.05) is 13.1 Å². The average molecular weight is 258 g/mol. The molecule has 1 aliphatic heterocycles. The van der Waals surface area contributed by atoms with Crippen LogP contribution in [0.15, 0.2) is 42.5 Å². The van der Waals surface area contributed by atoms with Gasteiger partial charge >= 0.3 is 0 Å². The number of benzene rings is 1. The third-order valence-corrected chi connectivity index (χ3v) is 4.53. The maximum Gasteiger partial charge on any atom is 0.0346 e. The summed E-state index contributed by atoms with van der Waals surface area (Å²) in [5, 5.41) is 0. The molecule has 2 nitrogen and oxygen atoms in total. The number of nitrogens with zero attached hydrogens (tertiary/aromatic N) is 1. The summed E-state index contributed by atoms with van der Waals surface area (Å²) in [5.41, 5.74) is 7.25. The van der Waals surface area contributed by atoms with Crippen LogP contribution >= 0.6 is 11.3 Å². The van der Waals surface area contributed by atoms with Crippen molar-refractivity contribution in [1.82, 2.24) is 4.90 Å². The summed E-state index contributed by atoms with van der Waals surface area (Å²) in [6, 6.07) is 15.4. The van der Waals surface area contributed by atoms with E-state index in [1.165, 1.54) is 15.3 Å². The van der Waals surface area contributed by atoms with Crippen LogP contribution in [0.5, 0.6) is 0 Å².